The molecule has 10 heteroatoms. The van der Waals surface area contributed by atoms with E-state index in [0.717, 1.165) is 16.5 Å². The van der Waals surface area contributed by atoms with E-state index in [1.807, 2.05) is 49.4 Å². The molecule has 0 saturated carbocycles. The zero-order chi connectivity index (χ0) is 25.1. The molecule has 0 aliphatic rings. The number of aromatic nitrogens is 4. The van der Waals surface area contributed by atoms with Gasteiger partial charge in [0, 0.05) is 29.8 Å². The highest BCUT2D eigenvalue weighted by Crippen LogP contribution is 2.30. The van der Waals surface area contributed by atoms with Crippen LogP contribution in [0.1, 0.15) is 18.9 Å². The van der Waals surface area contributed by atoms with E-state index in [-0.39, 0.29) is 11.6 Å². The Balaban J connectivity index is 1.43. The van der Waals surface area contributed by atoms with Crippen molar-refractivity contribution in [2.24, 2.45) is 0 Å². The third kappa shape index (κ3) is 4.76. The summed E-state index contributed by atoms with van der Waals surface area (Å²) in [6, 6.07) is 23.9. The minimum absolute atomic E-state index is 0.0342. The summed E-state index contributed by atoms with van der Waals surface area (Å²) >= 11 is 1.25. The van der Waals surface area contributed by atoms with E-state index in [9.17, 15) is 14.9 Å². The lowest BCUT2D eigenvalue weighted by Crippen LogP contribution is -2.24. The number of nitro benzene ring substituents is 1. The van der Waals surface area contributed by atoms with Gasteiger partial charge in [0.25, 0.3) is 5.69 Å². The number of rotatable bonds is 8. The van der Waals surface area contributed by atoms with Gasteiger partial charge in [-0.15, -0.1) is 10.2 Å². The van der Waals surface area contributed by atoms with Crippen LogP contribution < -0.4 is 5.32 Å². The van der Waals surface area contributed by atoms with Gasteiger partial charge >= 0.3 is 0 Å². The maximum Gasteiger partial charge on any atom is 0.269 e. The fraction of sp³-hybridized carbons (Fsp3) is 0.154. The molecule has 0 aliphatic carbocycles. The molecule has 3 aromatic carbocycles. The maximum atomic E-state index is 12.9. The van der Waals surface area contributed by atoms with Crippen molar-refractivity contribution in [2.75, 3.05) is 5.32 Å². The Morgan fingerprint density at radius 3 is 2.47 bits per heavy atom. The fourth-order valence-electron chi connectivity index (χ4n) is 4.00. The Kier molecular flexibility index (Phi) is 6.59. The SMILES string of the molecule is CC[C@@H](Sc1nnc2c3ccccc3n(Cc3ccccc3)c2n1)C(=O)Nc1ccc([N+](=O)[O-])cc1. The molecule has 1 amide bonds. The Bertz CT molecular complexity index is 1550. The summed E-state index contributed by atoms with van der Waals surface area (Å²) in [7, 11) is 0. The summed E-state index contributed by atoms with van der Waals surface area (Å²) in [5.41, 5.74) is 4.04. The van der Waals surface area contributed by atoms with Crippen LogP contribution in [-0.4, -0.2) is 35.8 Å². The molecule has 5 aromatic rings. The second kappa shape index (κ2) is 10.1. The van der Waals surface area contributed by atoms with Crippen molar-refractivity contribution in [1.82, 2.24) is 19.7 Å². The third-order valence-electron chi connectivity index (χ3n) is 5.79. The van der Waals surface area contributed by atoms with Crippen LogP contribution in [-0.2, 0) is 11.3 Å². The number of thioether (sulfide) groups is 1. The lowest BCUT2D eigenvalue weighted by molar-refractivity contribution is -0.384. The van der Waals surface area contributed by atoms with Crippen LogP contribution in [0.5, 0.6) is 0 Å². The number of hydrogen-bond donors (Lipinski definition) is 1. The predicted octanol–water partition coefficient (Wildman–Crippen LogP) is 5.45. The first-order valence-electron chi connectivity index (χ1n) is 11.4. The van der Waals surface area contributed by atoms with Gasteiger partial charge in [-0.1, -0.05) is 67.2 Å². The normalized spacial score (nSPS) is 12.0. The Labute approximate surface area is 210 Å². The largest absolute Gasteiger partial charge is 0.325 e. The number of para-hydroxylation sites is 1. The number of benzene rings is 3. The van der Waals surface area contributed by atoms with E-state index in [4.69, 9.17) is 4.98 Å². The molecule has 0 saturated heterocycles. The predicted molar refractivity (Wildman–Crippen MR) is 140 cm³/mol. The van der Waals surface area contributed by atoms with Crippen molar-refractivity contribution in [1.29, 1.82) is 0 Å². The van der Waals surface area contributed by atoms with Gasteiger partial charge in [0.15, 0.2) is 5.65 Å². The smallest absolute Gasteiger partial charge is 0.269 e. The van der Waals surface area contributed by atoms with Crippen LogP contribution >= 0.6 is 11.8 Å². The van der Waals surface area contributed by atoms with Crippen LogP contribution in [0, 0.1) is 10.1 Å². The molecule has 2 aromatic heterocycles. The van der Waals surface area contributed by atoms with E-state index < -0.39 is 10.2 Å². The summed E-state index contributed by atoms with van der Waals surface area (Å²) in [5, 5.41) is 23.4. The number of nitrogens with zero attached hydrogens (tertiary/aromatic N) is 5. The van der Waals surface area contributed by atoms with E-state index in [0.29, 0.717) is 35.0 Å². The maximum absolute atomic E-state index is 12.9. The molecule has 0 aliphatic heterocycles. The molecule has 5 rings (SSSR count). The minimum atomic E-state index is -0.478. The van der Waals surface area contributed by atoms with Crippen molar-refractivity contribution in [2.45, 2.75) is 30.3 Å². The number of fused-ring (bicyclic) bond motifs is 3. The molecule has 0 radical (unpaired) electrons. The highest BCUT2D eigenvalue weighted by molar-refractivity contribution is 8.00. The van der Waals surface area contributed by atoms with Crippen molar-refractivity contribution in [3.05, 3.63) is 94.5 Å². The Morgan fingerprint density at radius 1 is 1.03 bits per heavy atom. The topological polar surface area (TPSA) is 116 Å². The number of non-ortho nitro benzene ring substituents is 1. The number of carbonyl (C=O) groups excluding carboxylic acids is 1. The zero-order valence-corrected chi connectivity index (χ0v) is 20.2. The standard InChI is InChI=1S/C26H22N6O3S/c1-2-22(25(33)27-18-12-14-19(15-13-18)32(34)35)36-26-28-24-23(29-30-26)20-10-6-7-11-21(20)31(24)16-17-8-4-3-5-9-17/h3-15,22H,2,16H2,1H3,(H,27,33)/t22-/m1/s1. The first-order chi connectivity index (χ1) is 17.5. The number of anilines is 1. The van der Waals surface area contributed by atoms with Gasteiger partial charge in [-0.3, -0.25) is 14.9 Å². The second-order valence-corrected chi connectivity index (χ2v) is 9.33. The molecule has 2 heterocycles. The molecule has 0 fully saturated rings. The number of nitro groups is 1. The molecular weight excluding hydrogens is 476 g/mol. The molecule has 9 nitrogen and oxygen atoms in total. The fourth-order valence-corrected chi connectivity index (χ4v) is 4.82. The first-order valence-corrected chi connectivity index (χ1v) is 12.3. The molecule has 1 N–H and O–H groups in total. The van der Waals surface area contributed by atoms with E-state index in [1.165, 1.54) is 36.0 Å². The minimum Gasteiger partial charge on any atom is -0.325 e. The van der Waals surface area contributed by atoms with Gasteiger partial charge in [0.2, 0.25) is 11.1 Å². The van der Waals surface area contributed by atoms with E-state index in [2.05, 4.69) is 32.2 Å². The molecule has 180 valence electrons. The van der Waals surface area contributed by atoms with Crippen LogP contribution in [0.3, 0.4) is 0 Å². The van der Waals surface area contributed by atoms with Gasteiger partial charge in [-0.25, -0.2) is 4.98 Å². The Hall–Kier alpha value is -4.31. The molecule has 0 bridgehead atoms. The summed E-state index contributed by atoms with van der Waals surface area (Å²) in [5.74, 6) is -0.232. The van der Waals surface area contributed by atoms with Gasteiger partial charge < -0.3 is 9.88 Å². The van der Waals surface area contributed by atoms with Gasteiger partial charge in [-0.05, 0) is 30.2 Å². The van der Waals surface area contributed by atoms with Crippen LogP contribution in [0.15, 0.2) is 84.0 Å². The average molecular weight is 499 g/mol. The van der Waals surface area contributed by atoms with Gasteiger partial charge in [0.1, 0.15) is 5.52 Å². The number of amides is 1. The Morgan fingerprint density at radius 2 is 1.75 bits per heavy atom. The highest BCUT2D eigenvalue weighted by atomic mass is 32.2. The molecule has 0 spiro atoms. The van der Waals surface area contributed by atoms with Gasteiger partial charge in [-0.2, -0.15) is 0 Å². The number of nitrogens with one attached hydrogen (secondary N) is 1. The quantitative estimate of drug-likeness (QED) is 0.172. The summed E-state index contributed by atoms with van der Waals surface area (Å²) in [6.45, 7) is 2.54. The average Bonchev–Trinajstić information content (AvgIpc) is 3.21. The second-order valence-electron chi connectivity index (χ2n) is 8.16. The molecule has 1 atom stereocenters. The van der Waals surface area contributed by atoms with E-state index >= 15 is 0 Å². The van der Waals surface area contributed by atoms with Crippen LogP contribution in [0.4, 0.5) is 11.4 Å². The lowest BCUT2D eigenvalue weighted by atomic mass is 10.2. The summed E-state index contributed by atoms with van der Waals surface area (Å²) in [4.78, 5) is 28.1. The van der Waals surface area contributed by atoms with E-state index in [1.54, 1.807) is 0 Å². The highest BCUT2D eigenvalue weighted by Gasteiger charge is 2.22. The zero-order valence-electron chi connectivity index (χ0n) is 19.4. The first kappa shape index (κ1) is 23.4. The monoisotopic (exact) mass is 498 g/mol. The van der Waals surface area contributed by atoms with Gasteiger partial charge in [0.05, 0.1) is 15.7 Å². The summed E-state index contributed by atoms with van der Waals surface area (Å²) in [6.07, 6.45) is 0.540. The number of carbonyl (C=O) groups is 1. The third-order valence-corrected chi connectivity index (χ3v) is 7.01. The lowest BCUT2D eigenvalue weighted by Gasteiger charge is -2.14. The van der Waals surface area contributed by atoms with Crippen molar-refractivity contribution in [3.8, 4) is 0 Å². The van der Waals surface area contributed by atoms with Crippen LogP contribution in [0.25, 0.3) is 22.1 Å². The molecule has 0 unspecified atom stereocenters. The molecular formula is C26H22N6O3S. The number of hydrogen-bond acceptors (Lipinski definition) is 7. The van der Waals surface area contributed by atoms with Crippen molar-refractivity contribution in [3.63, 3.8) is 0 Å². The van der Waals surface area contributed by atoms with Crippen LogP contribution in [0.2, 0.25) is 0 Å². The molecule has 36 heavy (non-hydrogen) atoms. The van der Waals surface area contributed by atoms with Crippen molar-refractivity contribution >= 4 is 51.1 Å². The summed E-state index contributed by atoms with van der Waals surface area (Å²) < 4.78 is 2.12. The van der Waals surface area contributed by atoms with Crippen molar-refractivity contribution < 1.29 is 9.72 Å².